The molecule has 1 aliphatic carbocycles. The molecule has 6 rings (SSSR count). The molecule has 3 aromatic heterocycles. The van der Waals surface area contributed by atoms with E-state index in [0.29, 0.717) is 12.2 Å². The van der Waals surface area contributed by atoms with E-state index in [0.717, 1.165) is 65.6 Å². The second kappa shape index (κ2) is 9.32. The molecule has 4 aromatic rings. The van der Waals surface area contributed by atoms with Crippen molar-refractivity contribution in [3.63, 3.8) is 0 Å². The maximum atomic E-state index is 13.4. The summed E-state index contributed by atoms with van der Waals surface area (Å²) in [6.07, 6.45) is 8.44. The summed E-state index contributed by atoms with van der Waals surface area (Å²) in [7, 11) is 0. The van der Waals surface area contributed by atoms with Gasteiger partial charge in [0.15, 0.2) is 0 Å². The van der Waals surface area contributed by atoms with E-state index in [9.17, 15) is 10.1 Å². The molecule has 1 amide bonds. The predicted octanol–water partition coefficient (Wildman–Crippen LogP) is 4.33. The van der Waals surface area contributed by atoms with Crippen molar-refractivity contribution in [2.75, 3.05) is 6.61 Å². The average Bonchev–Trinajstić information content (AvgIpc) is 3.26. The summed E-state index contributed by atoms with van der Waals surface area (Å²) in [6.45, 7) is 2.74. The highest BCUT2D eigenvalue weighted by Crippen LogP contribution is 2.34. The number of nitrogens with one attached hydrogen (secondary N) is 1. The van der Waals surface area contributed by atoms with Gasteiger partial charge in [-0.3, -0.25) is 14.8 Å². The van der Waals surface area contributed by atoms with Crippen LogP contribution in [0.2, 0.25) is 0 Å². The smallest absolute Gasteiger partial charge is 0.228 e. The lowest BCUT2D eigenvalue weighted by atomic mass is 9.92. The Labute approximate surface area is 209 Å². The molecule has 8 nitrogen and oxygen atoms in total. The summed E-state index contributed by atoms with van der Waals surface area (Å²) >= 11 is 0. The van der Waals surface area contributed by atoms with Crippen LogP contribution in [0.25, 0.3) is 21.9 Å². The van der Waals surface area contributed by atoms with Crippen LogP contribution in [-0.2, 0) is 22.4 Å². The minimum absolute atomic E-state index is 0.0647. The van der Waals surface area contributed by atoms with Gasteiger partial charge in [0.2, 0.25) is 5.91 Å². The molecule has 0 unspecified atom stereocenters. The van der Waals surface area contributed by atoms with Gasteiger partial charge in [-0.25, -0.2) is 4.98 Å². The van der Waals surface area contributed by atoms with Crippen LogP contribution >= 0.6 is 0 Å². The second-order valence-corrected chi connectivity index (χ2v) is 9.83. The number of benzene rings is 1. The third-order valence-electron chi connectivity index (χ3n) is 7.39. The van der Waals surface area contributed by atoms with Crippen LogP contribution in [0, 0.1) is 11.3 Å². The van der Waals surface area contributed by atoms with Crippen LogP contribution in [0.1, 0.15) is 67.3 Å². The van der Waals surface area contributed by atoms with Gasteiger partial charge in [0, 0.05) is 24.2 Å². The summed E-state index contributed by atoms with van der Waals surface area (Å²) in [6, 6.07) is 11.9. The molecule has 1 fully saturated rings. The molecule has 0 saturated carbocycles. The first-order chi connectivity index (χ1) is 17.6. The fourth-order valence-electron chi connectivity index (χ4n) is 5.76. The van der Waals surface area contributed by atoms with Gasteiger partial charge in [-0.05, 0) is 68.9 Å². The number of imidazole rings is 1. The van der Waals surface area contributed by atoms with Gasteiger partial charge in [0.25, 0.3) is 0 Å². The molecule has 1 N–H and O–H groups in total. The number of amides is 1. The van der Waals surface area contributed by atoms with Crippen LogP contribution in [0.15, 0.2) is 42.7 Å². The van der Waals surface area contributed by atoms with Crippen molar-refractivity contribution in [3.8, 4) is 6.07 Å². The van der Waals surface area contributed by atoms with Crippen molar-refractivity contribution in [2.24, 2.45) is 0 Å². The molecule has 182 valence electrons. The monoisotopic (exact) mass is 480 g/mol. The fourth-order valence-corrected chi connectivity index (χ4v) is 5.76. The number of carbonyl (C=O) groups excluding carboxylic acids is 1. The zero-order valence-electron chi connectivity index (χ0n) is 20.3. The van der Waals surface area contributed by atoms with Crippen LogP contribution in [0.4, 0.5) is 0 Å². The predicted molar refractivity (Wildman–Crippen MR) is 135 cm³/mol. The van der Waals surface area contributed by atoms with E-state index in [-0.39, 0.29) is 30.5 Å². The third-order valence-corrected chi connectivity index (χ3v) is 7.39. The van der Waals surface area contributed by atoms with Crippen molar-refractivity contribution in [2.45, 2.75) is 63.6 Å². The lowest BCUT2D eigenvalue weighted by Crippen LogP contribution is -2.34. The van der Waals surface area contributed by atoms with Crippen LogP contribution in [0.3, 0.4) is 0 Å². The van der Waals surface area contributed by atoms with Crippen molar-refractivity contribution >= 4 is 27.8 Å². The average molecular weight is 481 g/mol. The van der Waals surface area contributed by atoms with Gasteiger partial charge in [0.05, 0.1) is 53.1 Å². The van der Waals surface area contributed by atoms with Gasteiger partial charge < -0.3 is 14.6 Å². The number of ether oxygens (including phenoxy) is 1. The Hall–Kier alpha value is -3.83. The molecule has 1 saturated heterocycles. The molecular weight excluding hydrogens is 452 g/mol. The second-order valence-electron chi connectivity index (χ2n) is 9.83. The maximum absolute atomic E-state index is 13.4. The van der Waals surface area contributed by atoms with Crippen LogP contribution < -0.4 is 5.32 Å². The normalized spacial score (nSPS) is 21.7. The molecule has 8 heteroatoms. The Morgan fingerprint density at radius 1 is 1.25 bits per heavy atom. The zero-order valence-corrected chi connectivity index (χ0v) is 20.3. The molecule has 1 aromatic carbocycles. The third kappa shape index (κ3) is 4.10. The van der Waals surface area contributed by atoms with Gasteiger partial charge >= 0.3 is 0 Å². The van der Waals surface area contributed by atoms with E-state index in [1.165, 1.54) is 5.56 Å². The number of fused-ring (bicyclic) bond motifs is 4. The SMILES string of the molecule is C[C@@H]1C[C@H](n2c(CC(=O)N[C@H]3CCCc4cccnc43)nc3cnc4ccc(C#N)cc4c32)CCO1. The first kappa shape index (κ1) is 22.6. The molecule has 0 radical (unpaired) electrons. The molecule has 0 spiro atoms. The molecular formula is C28H28N6O2. The largest absolute Gasteiger partial charge is 0.378 e. The lowest BCUT2D eigenvalue weighted by Gasteiger charge is -2.30. The first-order valence-corrected chi connectivity index (χ1v) is 12.6. The van der Waals surface area contributed by atoms with E-state index in [1.807, 2.05) is 18.2 Å². The number of hydrogen-bond donors (Lipinski definition) is 1. The highest BCUT2D eigenvalue weighted by atomic mass is 16.5. The van der Waals surface area contributed by atoms with Crippen molar-refractivity contribution in [1.29, 1.82) is 5.26 Å². The number of aryl methyl sites for hydroxylation is 1. The van der Waals surface area contributed by atoms with E-state index >= 15 is 0 Å². The molecule has 3 atom stereocenters. The van der Waals surface area contributed by atoms with E-state index in [4.69, 9.17) is 9.72 Å². The highest BCUT2D eigenvalue weighted by Gasteiger charge is 2.28. The molecule has 2 aliphatic rings. The molecule has 36 heavy (non-hydrogen) atoms. The Kier molecular flexibility index (Phi) is 5.86. The summed E-state index contributed by atoms with van der Waals surface area (Å²) in [5.74, 6) is 0.653. The van der Waals surface area contributed by atoms with Gasteiger partial charge in [-0.2, -0.15) is 5.26 Å². The van der Waals surface area contributed by atoms with Crippen LogP contribution in [0.5, 0.6) is 0 Å². The topological polar surface area (TPSA) is 106 Å². The molecule has 0 bridgehead atoms. The molecule has 4 heterocycles. The minimum atomic E-state index is -0.0796. The number of pyridine rings is 2. The number of nitriles is 1. The standard InChI is InChI=1S/C28H28N6O2/c1-17-12-20(9-11-36-17)34-25(14-26(35)33-23-6-2-4-19-5-3-10-30-27(19)23)32-24-16-31-22-8-7-18(15-29)13-21(22)28(24)34/h3,5,7-8,10,13,16-17,20,23H,2,4,6,9,11-12,14H2,1H3,(H,33,35)/t17-,20-,23+/m1/s1. The number of nitrogens with zero attached hydrogens (tertiary/aromatic N) is 5. The van der Waals surface area contributed by atoms with Crippen molar-refractivity contribution in [3.05, 3.63) is 65.4 Å². The zero-order chi connectivity index (χ0) is 24.6. The van der Waals surface area contributed by atoms with Gasteiger partial charge in [-0.15, -0.1) is 0 Å². The summed E-state index contributed by atoms with van der Waals surface area (Å²) < 4.78 is 8.04. The number of rotatable bonds is 4. The lowest BCUT2D eigenvalue weighted by molar-refractivity contribution is -0.121. The quantitative estimate of drug-likeness (QED) is 0.466. The van der Waals surface area contributed by atoms with Crippen molar-refractivity contribution < 1.29 is 9.53 Å². The summed E-state index contributed by atoms with van der Waals surface area (Å²) in [4.78, 5) is 27.4. The molecule has 1 aliphatic heterocycles. The Bertz CT molecular complexity index is 1500. The highest BCUT2D eigenvalue weighted by molar-refractivity contribution is 6.03. The number of aromatic nitrogens is 4. The maximum Gasteiger partial charge on any atom is 0.228 e. The number of carbonyl (C=O) groups is 1. The van der Waals surface area contributed by atoms with Crippen molar-refractivity contribution in [1.82, 2.24) is 24.8 Å². The Morgan fingerprint density at radius 2 is 2.17 bits per heavy atom. The van der Waals surface area contributed by atoms with E-state index in [1.54, 1.807) is 18.5 Å². The minimum Gasteiger partial charge on any atom is -0.378 e. The van der Waals surface area contributed by atoms with E-state index < -0.39 is 0 Å². The van der Waals surface area contributed by atoms with Gasteiger partial charge in [-0.1, -0.05) is 6.07 Å². The summed E-state index contributed by atoms with van der Waals surface area (Å²) in [5.41, 5.74) is 5.25. The first-order valence-electron chi connectivity index (χ1n) is 12.6. The van der Waals surface area contributed by atoms with Gasteiger partial charge in [0.1, 0.15) is 11.3 Å². The van der Waals surface area contributed by atoms with E-state index in [2.05, 4.69) is 38.9 Å². The fraction of sp³-hybridized carbons (Fsp3) is 0.393. The number of hydrogen-bond acceptors (Lipinski definition) is 6. The van der Waals surface area contributed by atoms with Crippen LogP contribution in [-0.4, -0.2) is 38.1 Å². The Morgan fingerprint density at radius 3 is 3.03 bits per heavy atom. The Balaban J connectivity index is 1.40. The summed E-state index contributed by atoms with van der Waals surface area (Å²) in [5, 5.41) is 13.6.